The second-order valence-corrected chi connectivity index (χ2v) is 5.12. The molecule has 0 fully saturated rings. The second kappa shape index (κ2) is 5.64. The lowest BCUT2D eigenvalue weighted by Crippen LogP contribution is -2.25. The normalized spacial score (nSPS) is 11.6. The third kappa shape index (κ3) is 4.10. The van der Waals surface area contributed by atoms with Crippen molar-refractivity contribution in [3.05, 3.63) is 28.5 Å². The third-order valence-electron chi connectivity index (χ3n) is 2.53. The SMILES string of the molecule is COC(C)(C)CCNc1ccc(Br)c(F)c1. The number of nitrogens with one attached hydrogen (secondary N) is 1. The summed E-state index contributed by atoms with van der Waals surface area (Å²) in [4.78, 5) is 0. The molecule has 1 aromatic carbocycles. The summed E-state index contributed by atoms with van der Waals surface area (Å²) in [6, 6.07) is 5.01. The fraction of sp³-hybridized carbons (Fsp3) is 0.500. The molecule has 16 heavy (non-hydrogen) atoms. The minimum absolute atomic E-state index is 0.152. The lowest BCUT2D eigenvalue weighted by molar-refractivity contribution is 0.0185. The third-order valence-corrected chi connectivity index (χ3v) is 3.17. The Labute approximate surface area is 104 Å². The zero-order valence-corrected chi connectivity index (χ0v) is 11.4. The van der Waals surface area contributed by atoms with Crippen molar-refractivity contribution in [1.82, 2.24) is 0 Å². The van der Waals surface area contributed by atoms with Crippen LogP contribution in [0.4, 0.5) is 10.1 Å². The molecule has 0 spiro atoms. The molecule has 1 aromatic rings. The zero-order chi connectivity index (χ0) is 12.2. The van der Waals surface area contributed by atoms with E-state index in [4.69, 9.17) is 4.74 Å². The molecule has 0 bridgehead atoms. The van der Waals surface area contributed by atoms with Gasteiger partial charge in [-0.3, -0.25) is 0 Å². The maximum Gasteiger partial charge on any atom is 0.139 e. The Morgan fingerprint density at radius 1 is 1.44 bits per heavy atom. The highest BCUT2D eigenvalue weighted by Gasteiger charge is 2.15. The van der Waals surface area contributed by atoms with Crippen LogP contribution in [0.1, 0.15) is 20.3 Å². The Bertz CT molecular complexity index is 355. The van der Waals surface area contributed by atoms with Crippen LogP contribution < -0.4 is 5.32 Å². The van der Waals surface area contributed by atoms with Gasteiger partial charge in [-0.05, 0) is 54.4 Å². The molecule has 1 N–H and O–H groups in total. The number of hydrogen-bond donors (Lipinski definition) is 1. The van der Waals surface area contributed by atoms with Gasteiger partial charge in [0.2, 0.25) is 0 Å². The smallest absolute Gasteiger partial charge is 0.139 e. The van der Waals surface area contributed by atoms with E-state index in [1.807, 2.05) is 19.9 Å². The summed E-state index contributed by atoms with van der Waals surface area (Å²) in [6.45, 7) is 4.80. The highest BCUT2D eigenvalue weighted by Crippen LogP contribution is 2.20. The molecule has 0 saturated heterocycles. The molecule has 0 heterocycles. The van der Waals surface area contributed by atoms with Crippen molar-refractivity contribution >= 4 is 21.6 Å². The van der Waals surface area contributed by atoms with Crippen LogP contribution in [-0.4, -0.2) is 19.3 Å². The first-order valence-corrected chi connectivity index (χ1v) is 5.98. The van der Waals surface area contributed by atoms with Crippen molar-refractivity contribution in [2.75, 3.05) is 19.0 Å². The van der Waals surface area contributed by atoms with Gasteiger partial charge in [0.25, 0.3) is 0 Å². The van der Waals surface area contributed by atoms with Gasteiger partial charge in [0.1, 0.15) is 5.82 Å². The highest BCUT2D eigenvalue weighted by atomic mass is 79.9. The van der Waals surface area contributed by atoms with Crippen molar-refractivity contribution in [3.8, 4) is 0 Å². The monoisotopic (exact) mass is 289 g/mol. The van der Waals surface area contributed by atoms with Crippen molar-refractivity contribution in [2.45, 2.75) is 25.9 Å². The second-order valence-electron chi connectivity index (χ2n) is 4.27. The summed E-state index contributed by atoms with van der Waals surface area (Å²) < 4.78 is 19.0. The number of hydrogen-bond acceptors (Lipinski definition) is 2. The zero-order valence-electron chi connectivity index (χ0n) is 9.81. The average Bonchev–Trinajstić information content (AvgIpc) is 2.23. The Kier molecular flexibility index (Phi) is 4.74. The molecule has 0 saturated carbocycles. The van der Waals surface area contributed by atoms with Crippen molar-refractivity contribution in [1.29, 1.82) is 0 Å². The topological polar surface area (TPSA) is 21.3 Å². The number of anilines is 1. The van der Waals surface area contributed by atoms with Crippen LogP contribution in [0.3, 0.4) is 0 Å². The van der Waals surface area contributed by atoms with E-state index in [0.29, 0.717) is 4.47 Å². The Morgan fingerprint density at radius 2 is 2.12 bits per heavy atom. The molecule has 2 nitrogen and oxygen atoms in total. The van der Waals surface area contributed by atoms with Crippen molar-refractivity contribution in [3.63, 3.8) is 0 Å². The molecule has 0 atom stereocenters. The predicted octanol–water partition coefficient (Wildman–Crippen LogP) is 3.82. The van der Waals surface area contributed by atoms with E-state index in [9.17, 15) is 4.39 Å². The molecule has 0 radical (unpaired) electrons. The Balaban J connectivity index is 2.46. The van der Waals surface area contributed by atoms with E-state index in [1.54, 1.807) is 13.2 Å². The van der Waals surface area contributed by atoms with Crippen LogP contribution in [0.2, 0.25) is 0 Å². The van der Waals surface area contributed by atoms with Crippen LogP contribution in [-0.2, 0) is 4.74 Å². The van der Waals surface area contributed by atoms with Crippen molar-refractivity contribution in [2.24, 2.45) is 0 Å². The number of halogens is 2. The molecule has 0 amide bonds. The van der Waals surface area contributed by atoms with Gasteiger partial charge in [0.05, 0.1) is 10.1 Å². The lowest BCUT2D eigenvalue weighted by atomic mass is 10.1. The van der Waals surface area contributed by atoms with Gasteiger partial charge in [-0.25, -0.2) is 4.39 Å². The first kappa shape index (κ1) is 13.5. The van der Waals surface area contributed by atoms with Gasteiger partial charge in [-0.2, -0.15) is 0 Å². The van der Waals surface area contributed by atoms with Crippen LogP contribution >= 0.6 is 15.9 Å². The Hall–Kier alpha value is -0.610. The van der Waals surface area contributed by atoms with Gasteiger partial charge in [-0.15, -0.1) is 0 Å². The molecule has 90 valence electrons. The average molecular weight is 290 g/mol. The quantitative estimate of drug-likeness (QED) is 0.890. The molecular formula is C12H17BrFNO. The molecule has 0 unspecified atom stereocenters. The maximum atomic E-state index is 13.2. The summed E-state index contributed by atoms with van der Waals surface area (Å²) in [5, 5.41) is 3.16. The van der Waals surface area contributed by atoms with E-state index < -0.39 is 0 Å². The summed E-state index contributed by atoms with van der Waals surface area (Å²) in [7, 11) is 1.69. The van der Waals surface area contributed by atoms with E-state index in [-0.39, 0.29) is 11.4 Å². The van der Waals surface area contributed by atoms with Crippen LogP contribution in [0, 0.1) is 5.82 Å². The molecule has 0 aliphatic carbocycles. The molecule has 1 rings (SSSR count). The highest BCUT2D eigenvalue weighted by molar-refractivity contribution is 9.10. The van der Waals surface area contributed by atoms with Crippen LogP contribution in [0.5, 0.6) is 0 Å². The minimum Gasteiger partial charge on any atom is -0.385 e. The first-order valence-electron chi connectivity index (χ1n) is 5.19. The predicted molar refractivity (Wildman–Crippen MR) is 68.3 cm³/mol. The molecule has 4 heteroatoms. The molecule has 0 aliphatic rings. The van der Waals surface area contributed by atoms with Gasteiger partial charge < -0.3 is 10.1 Å². The van der Waals surface area contributed by atoms with E-state index in [2.05, 4.69) is 21.2 Å². The molecule has 0 aromatic heterocycles. The molecular weight excluding hydrogens is 273 g/mol. The summed E-state index contributed by atoms with van der Waals surface area (Å²) >= 11 is 3.12. The van der Waals surface area contributed by atoms with Gasteiger partial charge in [0.15, 0.2) is 0 Å². The van der Waals surface area contributed by atoms with Gasteiger partial charge in [0, 0.05) is 19.3 Å². The largest absolute Gasteiger partial charge is 0.385 e. The standard InChI is InChI=1S/C12H17BrFNO/c1-12(2,16-3)6-7-15-9-4-5-10(13)11(14)8-9/h4-5,8,15H,6-7H2,1-3H3. The first-order chi connectivity index (χ1) is 7.44. The Morgan fingerprint density at radius 3 is 2.69 bits per heavy atom. The van der Waals surface area contributed by atoms with E-state index >= 15 is 0 Å². The number of rotatable bonds is 5. The fourth-order valence-electron chi connectivity index (χ4n) is 1.22. The van der Waals surface area contributed by atoms with E-state index in [1.165, 1.54) is 6.07 Å². The lowest BCUT2D eigenvalue weighted by Gasteiger charge is -2.23. The fourth-order valence-corrected chi connectivity index (χ4v) is 1.46. The number of ether oxygens (including phenoxy) is 1. The van der Waals surface area contributed by atoms with E-state index in [0.717, 1.165) is 18.7 Å². The number of methoxy groups -OCH3 is 1. The number of benzene rings is 1. The van der Waals surface area contributed by atoms with Crippen LogP contribution in [0.25, 0.3) is 0 Å². The van der Waals surface area contributed by atoms with Gasteiger partial charge >= 0.3 is 0 Å². The minimum atomic E-state index is -0.254. The van der Waals surface area contributed by atoms with Gasteiger partial charge in [-0.1, -0.05) is 0 Å². The van der Waals surface area contributed by atoms with Crippen LogP contribution in [0.15, 0.2) is 22.7 Å². The summed E-state index contributed by atoms with van der Waals surface area (Å²) in [5.41, 5.74) is 0.633. The summed E-state index contributed by atoms with van der Waals surface area (Å²) in [6.07, 6.45) is 0.862. The molecule has 0 aliphatic heterocycles. The maximum absolute atomic E-state index is 13.2. The van der Waals surface area contributed by atoms with Crippen molar-refractivity contribution < 1.29 is 9.13 Å². The summed E-state index contributed by atoms with van der Waals surface area (Å²) in [5.74, 6) is -0.254.